The van der Waals surface area contributed by atoms with Gasteiger partial charge in [-0.05, 0) is 19.1 Å². The summed E-state index contributed by atoms with van der Waals surface area (Å²) in [4.78, 5) is 32.2. The molecule has 2 heterocycles. The van der Waals surface area contributed by atoms with Crippen LogP contribution in [-0.2, 0) is 6.54 Å². The van der Waals surface area contributed by atoms with Crippen molar-refractivity contribution in [1.82, 2.24) is 15.3 Å². The molecule has 0 unspecified atom stereocenters. The number of Topliss-reactive ketones (excluding diaryl/α,β-unsaturated/α-hetero) is 1. The summed E-state index contributed by atoms with van der Waals surface area (Å²) < 4.78 is 0. The van der Waals surface area contributed by atoms with Gasteiger partial charge in [-0.25, -0.2) is 4.98 Å². The Morgan fingerprint density at radius 2 is 2.14 bits per heavy atom. The molecule has 6 nitrogen and oxygen atoms in total. The van der Waals surface area contributed by atoms with Crippen LogP contribution in [0, 0.1) is 0 Å². The van der Waals surface area contributed by atoms with Gasteiger partial charge in [-0.3, -0.25) is 9.59 Å². The number of H-pyrrole nitrogens is 1. The third-order valence-corrected chi connectivity index (χ3v) is 3.06. The van der Waals surface area contributed by atoms with Crippen LogP contribution in [-0.4, -0.2) is 35.8 Å². The zero-order valence-corrected chi connectivity index (χ0v) is 12.3. The fourth-order valence-electron chi connectivity index (χ4n) is 1.97. The molecule has 0 aliphatic heterocycles. The van der Waals surface area contributed by atoms with Crippen LogP contribution in [0.15, 0.2) is 30.6 Å². The molecule has 0 atom stereocenters. The number of hydrogen-bond acceptors (Lipinski definition) is 4. The van der Waals surface area contributed by atoms with Crippen molar-refractivity contribution in [2.45, 2.75) is 13.5 Å². The van der Waals surface area contributed by atoms with E-state index in [1.165, 1.54) is 13.1 Å². The number of aromatic amines is 1. The van der Waals surface area contributed by atoms with Crippen molar-refractivity contribution in [2.75, 3.05) is 19.0 Å². The van der Waals surface area contributed by atoms with Crippen LogP contribution in [0.5, 0.6) is 0 Å². The molecule has 0 saturated heterocycles. The van der Waals surface area contributed by atoms with Gasteiger partial charge in [-0.1, -0.05) is 6.07 Å². The second-order valence-electron chi connectivity index (χ2n) is 4.92. The van der Waals surface area contributed by atoms with Gasteiger partial charge in [0, 0.05) is 44.2 Å². The van der Waals surface area contributed by atoms with E-state index in [1.54, 1.807) is 12.3 Å². The fourth-order valence-corrected chi connectivity index (χ4v) is 1.97. The average Bonchev–Trinajstić information content (AvgIpc) is 2.95. The predicted octanol–water partition coefficient (Wildman–Crippen LogP) is 1.61. The van der Waals surface area contributed by atoms with Gasteiger partial charge in [0.1, 0.15) is 11.5 Å². The maximum absolute atomic E-state index is 12.0. The van der Waals surface area contributed by atoms with Crippen LogP contribution in [0.25, 0.3) is 0 Å². The van der Waals surface area contributed by atoms with Crippen LogP contribution < -0.4 is 10.2 Å². The third-order valence-electron chi connectivity index (χ3n) is 3.06. The van der Waals surface area contributed by atoms with E-state index in [0.29, 0.717) is 17.8 Å². The third kappa shape index (κ3) is 3.47. The first-order valence-electron chi connectivity index (χ1n) is 6.58. The summed E-state index contributed by atoms with van der Waals surface area (Å²) in [5.41, 5.74) is 1.79. The summed E-state index contributed by atoms with van der Waals surface area (Å²) in [6.45, 7) is 1.83. The predicted molar refractivity (Wildman–Crippen MR) is 80.5 cm³/mol. The molecule has 1 amide bonds. The second kappa shape index (κ2) is 6.21. The average molecular weight is 286 g/mol. The highest BCUT2D eigenvalue weighted by molar-refractivity contribution is 5.99. The lowest BCUT2D eigenvalue weighted by Crippen LogP contribution is -2.24. The molecule has 0 spiro atoms. The zero-order valence-electron chi connectivity index (χ0n) is 12.3. The Morgan fingerprint density at radius 1 is 1.38 bits per heavy atom. The lowest BCUT2D eigenvalue weighted by Gasteiger charge is -2.15. The minimum Gasteiger partial charge on any atom is -0.362 e. The highest BCUT2D eigenvalue weighted by atomic mass is 16.2. The van der Waals surface area contributed by atoms with Crippen molar-refractivity contribution < 1.29 is 9.59 Å². The standard InChI is InChI=1S/C15H18N4O2/c1-10(20)12-7-13(17-9-12)15(21)18-8-11-5-4-6-16-14(11)19(2)3/h4-7,9,17H,8H2,1-3H3,(H,18,21). The van der Waals surface area contributed by atoms with E-state index in [9.17, 15) is 9.59 Å². The van der Waals surface area contributed by atoms with Crippen LogP contribution in [0.3, 0.4) is 0 Å². The number of rotatable bonds is 5. The van der Waals surface area contributed by atoms with Crippen molar-refractivity contribution in [1.29, 1.82) is 0 Å². The smallest absolute Gasteiger partial charge is 0.267 e. The summed E-state index contributed by atoms with van der Waals surface area (Å²) in [6, 6.07) is 5.29. The number of amides is 1. The van der Waals surface area contributed by atoms with E-state index >= 15 is 0 Å². The molecule has 0 fully saturated rings. The molecule has 21 heavy (non-hydrogen) atoms. The van der Waals surface area contributed by atoms with Crippen LogP contribution >= 0.6 is 0 Å². The number of carbonyl (C=O) groups is 2. The van der Waals surface area contributed by atoms with Gasteiger partial charge in [0.25, 0.3) is 5.91 Å². The molecule has 0 aromatic carbocycles. The highest BCUT2D eigenvalue weighted by Crippen LogP contribution is 2.14. The first-order chi connectivity index (χ1) is 9.99. The molecule has 2 rings (SSSR count). The Bertz CT molecular complexity index is 661. The van der Waals surface area contributed by atoms with Crippen molar-refractivity contribution in [3.05, 3.63) is 47.4 Å². The van der Waals surface area contributed by atoms with E-state index < -0.39 is 0 Å². The van der Waals surface area contributed by atoms with E-state index in [1.807, 2.05) is 31.1 Å². The second-order valence-corrected chi connectivity index (χ2v) is 4.92. The van der Waals surface area contributed by atoms with E-state index in [0.717, 1.165) is 11.4 Å². The molecule has 0 radical (unpaired) electrons. The summed E-state index contributed by atoms with van der Waals surface area (Å²) in [6.07, 6.45) is 3.25. The van der Waals surface area contributed by atoms with E-state index in [2.05, 4.69) is 15.3 Å². The topological polar surface area (TPSA) is 78.1 Å². The van der Waals surface area contributed by atoms with Crippen LogP contribution in [0.2, 0.25) is 0 Å². The molecule has 0 bridgehead atoms. The van der Waals surface area contributed by atoms with Gasteiger partial charge in [0.15, 0.2) is 5.78 Å². The lowest BCUT2D eigenvalue weighted by molar-refractivity contribution is 0.0946. The monoisotopic (exact) mass is 286 g/mol. The molecular formula is C15H18N4O2. The summed E-state index contributed by atoms with van der Waals surface area (Å²) in [5.74, 6) is 0.484. The highest BCUT2D eigenvalue weighted by Gasteiger charge is 2.12. The lowest BCUT2D eigenvalue weighted by atomic mass is 10.2. The molecule has 2 N–H and O–H groups in total. The molecule has 2 aromatic heterocycles. The SMILES string of the molecule is CC(=O)c1c[nH]c(C(=O)NCc2cccnc2N(C)C)c1. The number of hydrogen-bond donors (Lipinski definition) is 2. The fraction of sp³-hybridized carbons (Fsp3) is 0.267. The van der Waals surface area contributed by atoms with Gasteiger partial charge in [-0.2, -0.15) is 0 Å². The number of anilines is 1. The zero-order chi connectivity index (χ0) is 15.4. The van der Waals surface area contributed by atoms with Gasteiger partial charge >= 0.3 is 0 Å². The minimum absolute atomic E-state index is 0.0764. The molecule has 0 saturated carbocycles. The van der Waals surface area contributed by atoms with Crippen molar-refractivity contribution >= 4 is 17.5 Å². The normalized spacial score (nSPS) is 10.2. The quantitative estimate of drug-likeness (QED) is 0.819. The first kappa shape index (κ1) is 14.8. The Morgan fingerprint density at radius 3 is 2.76 bits per heavy atom. The first-order valence-corrected chi connectivity index (χ1v) is 6.58. The molecule has 2 aromatic rings. The Labute approximate surface area is 123 Å². The Kier molecular flexibility index (Phi) is 4.37. The van der Waals surface area contributed by atoms with E-state index in [4.69, 9.17) is 0 Å². The number of carbonyl (C=O) groups excluding carboxylic acids is 2. The Hall–Kier alpha value is -2.63. The van der Waals surface area contributed by atoms with Crippen molar-refractivity contribution in [3.63, 3.8) is 0 Å². The summed E-state index contributed by atoms with van der Waals surface area (Å²) >= 11 is 0. The number of nitrogens with zero attached hydrogens (tertiary/aromatic N) is 2. The molecule has 110 valence electrons. The number of pyridine rings is 1. The van der Waals surface area contributed by atoms with Gasteiger partial charge in [0.05, 0.1) is 0 Å². The maximum Gasteiger partial charge on any atom is 0.267 e. The van der Waals surface area contributed by atoms with Gasteiger partial charge in [-0.15, -0.1) is 0 Å². The molecule has 0 aliphatic rings. The molecule has 0 aliphatic carbocycles. The number of aromatic nitrogens is 2. The van der Waals surface area contributed by atoms with Crippen molar-refractivity contribution in [3.8, 4) is 0 Å². The van der Waals surface area contributed by atoms with Crippen LogP contribution in [0.4, 0.5) is 5.82 Å². The summed E-state index contributed by atoms with van der Waals surface area (Å²) in [5, 5.41) is 2.81. The number of ketones is 1. The Balaban J connectivity index is 2.05. The van der Waals surface area contributed by atoms with E-state index in [-0.39, 0.29) is 11.7 Å². The largest absolute Gasteiger partial charge is 0.362 e. The number of nitrogens with one attached hydrogen (secondary N) is 2. The van der Waals surface area contributed by atoms with Crippen molar-refractivity contribution in [2.24, 2.45) is 0 Å². The van der Waals surface area contributed by atoms with Gasteiger partial charge < -0.3 is 15.2 Å². The minimum atomic E-state index is -0.254. The molecule has 6 heteroatoms. The molecular weight excluding hydrogens is 268 g/mol. The maximum atomic E-state index is 12.0. The summed E-state index contributed by atoms with van der Waals surface area (Å²) in [7, 11) is 3.80. The van der Waals surface area contributed by atoms with Crippen LogP contribution in [0.1, 0.15) is 33.3 Å². The van der Waals surface area contributed by atoms with Gasteiger partial charge in [0.2, 0.25) is 0 Å².